The van der Waals surface area contributed by atoms with Crippen LogP contribution in [-0.4, -0.2) is 51.4 Å². The lowest BCUT2D eigenvalue weighted by molar-refractivity contribution is 0.0987. The van der Waals surface area contributed by atoms with E-state index in [0.29, 0.717) is 11.7 Å². The highest BCUT2D eigenvalue weighted by atomic mass is 32.2. The van der Waals surface area contributed by atoms with Crippen LogP contribution in [0.2, 0.25) is 0 Å². The molecule has 0 fully saturated rings. The number of nitrogens with zero attached hydrogens (tertiary/aromatic N) is 3. The standard InChI is InChI=1S/C25H26N4O3S2/c1-28(2)17-10-18-29(25-26-22-15-8-9-16-23(22)33-25)24(30)20-13-6-7-14-21(20)27-34(31,32)19-11-4-3-5-12-19/h3-9,11-16,27H,10,17-18H2,1-2H3. The molecule has 0 unspecified atom stereocenters. The van der Waals surface area contributed by atoms with Gasteiger partial charge in [0, 0.05) is 6.54 Å². The Morgan fingerprint density at radius 3 is 2.32 bits per heavy atom. The molecule has 0 radical (unpaired) electrons. The van der Waals surface area contributed by atoms with Gasteiger partial charge in [-0.15, -0.1) is 0 Å². The van der Waals surface area contributed by atoms with Crippen LogP contribution in [0.15, 0.2) is 83.8 Å². The first-order valence-corrected chi connectivity index (χ1v) is 13.1. The number of fused-ring (bicyclic) bond motifs is 1. The van der Waals surface area contributed by atoms with E-state index in [1.165, 1.54) is 23.5 Å². The van der Waals surface area contributed by atoms with E-state index < -0.39 is 10.0 Å². The smallest absolute Gasteiger partial charge is 0.262 e. The van der Waals surface area contributed by atoms with Gasteiger partial charge in [-0.1, -0.05) is 53.8 Å². The molecule has 4 aromatic rings. The molecule has 0 spiro atoms. The van der Waals surface area contributed by atoms with Gasteiger partial charge in [0.25, 0.3) is 15.9 Å². The normalized spacial score (nSPS) is 11.6. The number of hydrogen-bond acceptors (Lipinski definition) is 6. The first-order valence-electron chi connectivity index (χ1n) is 10.8. The van der Waals surface area contributed by atoms with E-state index >= 15 is 0 Å². The van der Waals surface area contributed by atoms with E-state index in [4.69, 9.17) is 0 Å². The number of anilines is 2. The minimum absolute atomic E-state index is 0.131. The largest absolute Gasteiger partial charge is 0.309 e. The first kappa shape index (κ1) is 23.9. The Morgan fingerprint density at radius 2 is 1.59 bits per heavy atom. The van der Waals surface area contributed by atoms with Crippen LogP contribution < -0.4 is 9.62 Å². The number of rotatable bonds is 9. The maximum atomic E-state index is 13.8. The Labute approximate surface area is 203 Å². The fraction of sp³-hybridized carbons (Fsp3) is 0.200. The van der Waals surface area contributed by atoms with Gasteiger partial charge in [-0.3, -0.25) is 14.4 Å². The lowest BCUT2D eigenvalue weighted by Crippen LogP contribution is -2.34. The molecular weight excluding hydrogens is 468 g/mol. The van der Waals surface area contributed by atoms with E-state index in [-0.39, 0.29) is 22.1 Å². The number of carbonyl (C=O) groups excluding carboxylic acids is 1. The zero-order valence-electron chi connectivity index (χ0n) is 19.0. The van der Waals surface area contributed by atoms with E-state index in [9.17, 15) is 13.2 Å². The predicted octanol–water partition coefficient (Wildman–Crippen LogP) is 4.70. The van der Waals surface area contributed by atoms with E-state index in [1.54, 1.807) is 47.4 Å². The zero-order valence-corrected chi connectivity index (χ0v) is 20.6. The molecule has 4 rings (SSSR count). The summed E-state index contributed by atoms with van der Waals surface area (Å²) in [6.07, 6.45) is 0.743. The third-order valence-electron chi connectivity index (χ3n) is 5.20. The quantitative estimate of drug-likeness (QED) is 0.365. The third kappa shape index (κ3) is 5.44. The average Bonchev–Trinajstić information content (AvgIpc) is 3.26. The summed E-state index contributed by atoms with van der Waals surface area (Å²) in [5, 5.41) is 0.589. The first-order chi connectivity index (χ1) is 16.3. The fourth-order valence-electron chi connectivity index (χ4n) is 3.51. The van der Waals surface area contributed by atoms with Gasteiger partial charge in [-0.05, 0) is 63.5 Å². The van der Waals surface area contributed by atoms with Crippen molar-refractivity contribution >= 4 is 48.3 Å². The van der Waals surface area contributed by atoms with Crippen molar-refractivity contribution in [1.82, 2.24) is 9.88 Å². The molecule has 0 saturated carbocycles. The van der Waals surface area contributed by atoms with Gasteiger partial charge in [-0.2, -0.15) is 0 Å². The van der Waals surface area contributed by atoms with Gasteiger partial charge < -0.3 is 4.90 Å². The predicted molar refractivity (Wildman–Crippen MR) is 138 cm³/mol. The molecule has 0 aliphatic heterocycles. The van der Waals surface area contributed by atoms with Crippen LogP contribution in [0.4, 0.5) is 10.8 Å². The molecule has 3 aromatic carbocycles. The highest BCUT2D eigenvalue weighted by Crippen LogP contribution is 2.31. The molecular formula is C25H26N4O3S2. The Hall–Kier alpha value is -3.27. The lowest BCUT2D eigenvalue weighted by atomic mass is 10.1. The van der Waals surface area contributed by atoms with Crippen molar-refractivity contribution in [3.8, 4) is 0 Å². The van der Waals surface area contributed by atoms with Crippen LogP contribution in [-0.2, 0) is 10.0 Å². The topological polar surface area (TPSA) is 82.6 Å². The van der Waals surface area contributed by atoms with Crippen LogP contribution in [0.3, 0.4) is 0 Å². The molecule has 0 aliphatic rings. The van der Waals surface area contributed by atoms with Gasteiger partial charge in [0.2, 0.25) is 0 Å². The van der Waals surface area contributed by atoms with Crippen LogP contribution in [0.25, 0.3) is 10.2 Å². The highest BCUT2D eigenvalue weighted by Gasteiger charge is 2.25. The SMILES string of the molecule is CN(C)CCCN(C(=O)c1ccccc1NS(=O)(=O)c1ccccc1)c1nc2ccccc2s1. The van der Waals surface area contributed by atoms with Crippen LogP contribution in [0.1, 0.15) is 16.8 Å². The number of aromatic nitrogens is 1. The molecule has 0 aliphatic carbocycles. The molecule has 9 heteroatoms. The Bertz CT molecular complexity index is 1350. The van der Waals surface area contributed by atoms with Crippen molar-refractivity contribution in [1.29, 1.82) is 0 Å². The lowest BCUT2D eigenvalue weighted by Gasteiger charge is -2.22. The van der Waals surface area contributed by atoms with Gasteiger partial charge in [0.1, 0.15) is 0 Å². The second-order valence-electron chi connectivity index (χ2n) is 8.04. The number of para-hydroxylation sites is 2. The minimum Gasteiger partial charge on any atom is -0.309 e. The molecule has 1 aromatic heterocycles. The van der Waals surface area contributed by atoms with Crippen LogP contribution in [0.5, 0.6) is 0 Å². The summed E-state index contributed by atoms with van der Waals surface area (Å²) in [7, 11) is 0.118. The highest BCUT2D eigenvalue weighted by molar-refractivity contribution is 7.92. The van der Waals surface area contributed by atoms with Crippen LogP contribution >= 0.6 is 11.3 Å². The van der Waals surface area contributed by atoms with Crippen molar-refractivity contribution < 1.29 is 13.2 Å². The maximum Gasteiger partial charge on any atom is 0.262 e. The minimum atomic E-state index is -3.85. The summed E-state index contributed by atoms with van der Waals surface area (Å²) in [4.78, 5) is 22.3. The summed E-state index contributed by atoms with van der Waals surface area (Å²) >= 11 is 1.44. The summed E-state index contributed by atoms with van der Waals surface area (Å²) in [5.74, 6) is -0.302. The van der Waals surface area contributed by atoms with E-state index in [1.807, 2.05) is 38.4 Å². The maximum absolute atomic E-state index is 13.8. The van der Waals surface area contributed by atoms with Crippen molar-refractivity contribution in [2.24, 2.45) is 0 Å². The van der Waals surface area contributed by atoms with Crippen LogP contribution in [0, 0.1) is 0 Å². The van der Waals surface area contributed by atoms with Crippen molar-refractivity contribution in [2.75, 3.05) is 36.8 Å². The summed E-state index contributed by atoms with van der Waals surface area (Å²) in [6, 6.07) is 22.5. The third-order valence-corrected chi connectivity index (χ3v) is 7.64. The van der Waals surface area contributed by atoms with Crippen molar-refractivity contribution in [2.45, 2.75) is 11.3 Å². The van der Waals surface area contributed by atoms with Gasteiger partial charge in [-0.25, -0.2) is 13.4 Å². The number of benzene rings is 3. The molecule has 1 N–H and O–H groups in total. The number of hydrogen-bond donors (Lipinski definition) is 1. The fourth-order valence-corrected chi connectivity index (χ4v) is 5.60. The van der Waals surface area contributed by atoms with E-state index in [0.717, 1.165) is 23.2 Å². The average molecular weight is 495 g/mol. The summed E-state index contributed by atoms with van der Waals surface area (Å²) in [6.45, 7) is 1.26. The summed E-state index contributed by atoms with van der Waals surface area (Å²) < 4.78 is 29.4. The summed E-state index contributed by atoms with van der Waals surface area (Å²) in [5.41, 5.74) is 1.33. The molecule has 0 atom stereocenters. The number of carbonyl (C=O) groups is 1. The number of amides is 1. The molecule has 7 nitrogen and oxygen atoms in total. The molecule has 0 saturated heterocycles. The second kappa shape index (κ2) is 10.3. The molecule has 1 heterocycles. The van der Waals surface area contributed by atoms with Gasteiger partial charge in [0.05, 0.1) is 26.4 Å². The van der Waals surface area contributed by atoms with Crippen molar-refractivity contribution in [3.05, 3.63) is 84.4 Å². The molecule has 0 bridgehead atoms. The number of thiazole rings is 1. The number of nitrogens with one attached hydrogen (secondary N) is 1. The second-order valence-corrected chi connectivity index (χ2v) is 10.7. The van der Waals surface area contributed by atoms with Gasteiger partial charge in [0.15, 0.2) is 5.13 Å². The number of sulfonamides is 1. The zero-order chi connectivity index (χ0) is 24.1. The monoisotopic (exact) mass is 494 g/mol. The Morgan fingerprint density at radius 1 is 0.912 bits per heavy atom. The van der Waals surface area contributed by atoms with Gasteiger partial charge >= 0.3 is 0 Å². The Balaban J connectivity index is 1.69. The molecule has 34 heavy (non-hydrogen) atoms. The van der Waals surface area contributed by atoms with Crippen molar-refractivity contribution in [3.63, 3.8) is 0 Å². The Kier molecular flexibility index (Phi) is 7.26. The molecule has 176 valence electrons. The van der Waals surface area contributed by atoms with E-state index in [2.05, 4.69) is 14.6 Å². The molecule has 1 amide bonds.